The Labute approximate surface area is 484 Å². The second-order valence-electron chi connectivity index (χ2n) is 19.9. The van der Waals surface area contributed by atoms with Crippen molar-refractivity contribution in [1.82, 2.24) is 0 Å². The Morgan fingerprint density at radius 3 is 0.785 bits per heavy atom. The Kier molecular flexibility index (Phi) is 60.5. The molecule has 0 aliphatic heterocycles. The van der Waals surface area contributed by atoms with Crippen molar-refractivity contribution in [3.8, 4) is 0 Å². The summed E-state index contributed by atoms with van der Waals surface area (Å²) >= 11 is 0. The summed E-state index contributed by atoms with van der Waals surface area (Å²) in [6.45, 7) is 6.30. The Morgan fingerprint density at radius 1 is 0.266 bits per heavy atom. The highest BCUT2D eigenvalue weighted by molar-refractivity contribution is 5.71. The lowest BCUT2D eigenvalue weighted by molar-refractivity contribution is -0.167. The van der Waals surface area contributed by atoms with E-state index >= 15 is 0 Å². The van der Waals surface area contributed by atoms with Crippen LogP contribution < -0.4 is 0 Å². The first-order chi connectivity index (χ1) is 39.0. The van der Waals surface area contributed by atoms with E-state index in [0.717, 1.165) is 167 Å². The third-order valence-electron chi connectivity index (χ3n) is 12.4. The molecular formula is C73H112O6. The van der Waals surface area contributed by atoms with Gasteiger partial charge < -0.3 is 14.2 Å². The minimum absolute atomic E-state index is 0.107. The summed E-state index contributed by atoms with van der Waals surface area (Å²) in [5, 5.41) is 0. The van der Waals surface area contributed by atoms with E-state index in [1.165, 1.54) is 25.7 Å². The van der Waals surface area contributed by atoms with Crippen molar-refractivity contribution in [3.63, 3.8) is 0 Å². The van der Waals surface area contributed by atoms with E-state index in [1.807, 2.05) is 0 Å². The largest absolute Gasteiger partial charge is 0.462 e. The SMILES string of the molecule is CC/C=C\C/C=C\C/C=C\C/C=C\C/C=C\C/C=C\C/C=C\C/C=C\C/C=C\C/C=C\CCCCCCC(=O)OCC(COC(=O)CCCCCCCCC)OC(=O)CCCCC/C=C\C/C=C\C/C=C\C/C=C\C/C=C\CC. The van der Waals surface area contributed by atoms with Crippen molar-refractivity contribution in [1.29, 1.82) is 0 Å². The van der Waals surface area contributed by atoms with Gasteiger partial charge in [0.1, 0.15) is 13.2 Å². The Hall–Kier alpha value is -5.49. The molecule has 0 saturated heterocycles. The molecule has 440 valence electrons. The van der Waals surface area contributed by atoms with Gasteiger partial charge in [-0.1, -0.05) is 261 Å². The van der Waals surface area contributed by atoms with E-state index in [9.17, 15) is 14.4 Å². The molecule has 0 aromatic rings. The number of hydrogen-bond donors (Lipinski definition) is 0. The molecule has 0 aromatic carbocycles. The zero-order chi connectivity index (χ0) is 57.1. The highest BCUT2D eigenvalue weighted by atomic mass is 16.6. The van der Waals surface area contributed by atoms with E-state index in [-0.39, 0.29) is 37.5 Å². The summed E-state index contributed by atoms with van der Waals surface area (Å²) in [6, 6.07) is 0. The van der Waals surface area contributed by atoms with Crippen LogP contribution in [0.3, 0.4) is 0 Å². The highest BCUT2D eigenvalue weighted by Crippen LogP contribution is 2.12. The van der Waals surface area contributed by atoms with Crippen LogP contribution in [-0.2, 0) is 28.6 Å². The molecule has 0 N–H and O–H groups in total. The van der Waals surface area contributed by atoms with Crippen LogP contribution in [0.2, 0.25) is 0 Å². The predicted octanol–water partition coefficient (Wildman–Crippen LogP) is 21.7. The number of hydrogen-bond acceptors (Lipinski definition) is 6. The van der Waals surface area contributed by atoms with Gasteiger partial charge in [0, 0.05) is 19.3 Å². The lowest BCUT2D eigenvalue weighted by atomic mass is 10.1. The third-order valence-corrected chi connectivity index (χ3v) is 12.4. The first kappa shape index (κ1) is 73.5. The Balaban J connectivity index is 4.28. The average Bonchev–Trinajstić information content (AvgIpc) is 3.45. The summed E-state index contributed by atoms with van der Waals surface area (Å²) in [5.74, 6) is -0.983. The van der Waals surface area contributed by atoms with E-state index < -0.39 is 6.10 Å². The van der Waals surface area contributed by atoms with Crippen molar-refractivity contribution >= 4 is 17.9 Å². The molecular weight excluding hydrogens is 973 g/mol. The van der Waals surface area contributed by atoms with E-state index in [0.29, 0.717) is 19.3 Å². The molecule has 0 heterocycles. The molecule has 0 aromatic heterocycles. The standard InChI is InChI=1S/C73H112O6/c1-4-7-10-13-16-18-20-22-24-26-28-29-30-31-32-33-34-35-36-37-38-39-40-41-42-43-45-46-48-50-52-54-57-60-63-66-72(75)78-69-70(68-77-71(74)65-62-59-56-15-12-9-6-3)79-73(76)67-64-61-58-55-53-51-49-47-44-27-25-23-21-19-17-14-11-8-5-2/h7-8,10-11,16-19,22-25,28-29,31-32,34-35,37-38,40-41,43-45,47-48,50-51,53,70H,4-6,9,12-15,20-21,26-27,30,33,36,39,42,46,49,52,54-69H2,1-3H3/b10-7-,11-8-,18-16-,19-17-,24-22-,25-23-,29-28-,32-31-,35-34-,38-37-,41-40-,45-43-,47-44-,50-48-,53-51-. The van der Waals surface area contributed by atoms with Crippen LogP contribution in [0.1, 0.15) is 239 Å². The molecule has 0 saturated carbocycles. The topological polar surface area (TPSA) is 78.9 Å². The van der Waals surface area contributed by atoms with Crippen molar-refractivity contribution in [2.45, 2.75) is 245 Å². The monoisotopic (exact) mass is 1080 g/mol. The molecule has 0 aliphatic carbocycles. The molecule has 0 amide bonds. The van der Waals surface area contributed by atoms with Gasteiger partial charge in [-0.2, -0.15) is 0 Å². The number of ether oxygens (including phenoxy) is 3. The van der Waals surface area contributed by atoms with Crippen molar-refractivity contribution in [3.05, 3.63) is 182 Å². The number of rotatable bonds is 54. The van der Waals surface area contributed by atoms with Crippen LogP contribution in [0.5, 0.6) is 0 Å². The molecule has 0 spiro atoms. The molecule has 79 heavy (non-hydrogen) atoms. The van der Waals surface area contributed by atoms with Gasteiger partial charge in [-0.3, -0.25) is 14.4 Å². The van der Waals surface area contributed by atoms with Crippen molar-refractivity contribution < 1.29 is 28.6 Å². The number of esters is 3. The van der Waals surface area contributed by atoms with Crippen LogP contribution in [0.15, 0.2) is 182 Å². The first-order valence-electron chi connectivity index (χ1n) is 31.3. The van der Waals surface area contributed by atoms with Gasteiger partial charge >= 0.3 is 17.9 Å². The van der Waals surface area contributed by atoms with E-state index in [2.05, 4.69) is 203 Å². The molecule has 6 heteroatoms. The predicted molar refractivity (Wildman–Crippen MR) is 343 cm³/mol. The second kappa shape index (κ2) is 65.0. The van der Waals surface area contributed by atoms with Gasteiger partial charge in [-0.25, -0.2) is 0 Å². The van der Waals surface area contributed by atoms with Crippen LogP contribution in [-0.4, -0.2) is 37.2 Å². The summed E-state index contributed by atoms with van der Waals surface area (Å²) in [4.78, 5) is 38.0. The fourth-order valence-corrected chi connectivity index (χ4v) is 7.79. The van der Waals surface area contributed by atoms with E-state index in [4.69, 9.17) is 14.2 Å². The summed E-state index contributed by atoms with van der Waals surface area (Å²) in [7, 11) is 0. The maximum atomic E-state index is 12.8. The quantitative estimate of drug-likeness (QED) is 0.0261. The molecule has 0 aliphatic rings. The summed E-state index contributed by atoms with van der Waals surface area (Å²) < 4.78 is 16.7. The third kappa shape index (κ3) is 63.2. The molecule has 1 atom stereocenters. The minimum atomic E-state index is -0.813. The molecule has 0 fully saturated rings. The number of carbonyl (C=O) groups is 3. The highest BCUT2D eigenvalue weighted by Gasteiger charge is 2.19. The second-order valence-corrected chi connectivity index (χ2v) is 19.9. The molecule has 0 radical (unpaired) electrons. The van der Waals surface area contributed by atoms with Gasteiger partial charge in [0.15, 0.2) is 6.10 Å². The number of unbranched alkanes of at least 4 members (excludes halogenated alkanes) is 13. The Morgan fingerprint density at radius 2 is 0.494 bits per heavy atom. The lowest BCUT2D eigenvalue weighted by Crippen LogP contribution is -2.30. The smallest absolute Gasteiger partial charge is 0.306 e. The van der Waals surface area contributed by atoms with Crippen molar-refractivity contribution in [2.75, 3.05) is 13.2 Å². The van der Waals surface area contributed by atoms with Gasteiger partial charge in [0.25, 0.3) is 0 Å². The van der Waals surface area contributed by atoms with Crippen LogP contribution in [0.4, 0.5) is 0 Å². The Bertz CT molecular complexity index is 1870. The zero-order valence-corrected chi connectivity index (χ0v) is 50.3. The fourth-order valence-electron chi connectivity index (χ4n) is 7.79. The maximum Gasteiger partial charge on any atom is 0.306 e. The van der Waals surface area contributed by atoms with Gasteiger partial charge in [0.05, 0.1) is 0 Å². The van der Waals surface area contributed by atoms with Crippen LogP contribution in [0, 0.1) is 0 Å². The summed E-state index contributed by atoms with van der Waals surface area (Å²) in [5.41, 5.74) is 0. The van der Waals surface area contributed by atoms with E-state index in [1.54, 1.807) is 0 Å². The average molecular weight is 1090 g/mol. The molecule has 1 unspecified atom stereocenters. The van der Waals surface area contributed by atoms with Crippen LogP contribution >= 0.6 is 0 Å². The summed E-state index contributed by atoms with van der Waals surface area (Å²) in [6.07, 6.45) is 97.8. The zero-order valence-electron chi connectivity index (χ0n) is 50.3. The number of carbonyl (C=O) groups excluding carboxylic acids is 3. The molecule has 6 nitrogen and oxygen atoms in total. The van der Waals surface area contributed by atoms with Crippen LogP contribution in [0.25, 0.3) is 0 Å². The van der Waals surface area contributed by atoms with Gasteiger partial charge in [0.2, 0.25) is 0 Å². The first-order valence-corrected chi connectivity index (χ1v) is 31.3. The maximum absolute atomic E-state index is 12.8. The normalized spacial score (nSPS) is 13.4. The lowest BCUT2D eigenvalue weighted by Gasteiger charge is -2.18. The molecule has 0 bridgehead atoms. The fraction of sp³-hybridized carbons (Fsp3) is 0.548. The molecule has 0 rings (SSSR count). The minimum Gasteiger partial charge on any atom is -0.462 e. The number of allylic oxidation sites excluding steroid dienone is 30. The van der Waals surface area contributed by atoms with Crippen molar-refractivity contribution in [2.24, 2.45) is 0 Å². The van der Waals surface area contributed by atoms with Gasteiger partial charge in [-0.15, -0.1) is 0 Å². The van der Waals surface area contributed by atoms with Gasteiger partial charge in [-0.05, 0) is 141 Å².